The molecule has 6 N–H and O–H groups in total. The number of amides is 1. The van der Waals surface area contributed by atoms with Crippen molar-refractivity contribution >= 4 is 28.6 Å². The van der Waals surface area contributed by atoms with Crippen LogP contribution in [0.15, 0.2) is 30.3 Å². The molecular formula is C18H31B2N6OW-. The maximum absolute atomic E-state index is 11.3. The van der Waals surface area contributed by atoms with E-state index in [4.69, 9.17) is 16.7 Å². The second-order valence-electron chi connectivity index (χ2n) is 3.82. The Morgan fingerprint density at radius 2 is 1.61 bits per heavy atom. The molecule has 1 heterocycles. The maximum atomic E-state index is 11.3. The van der Waals surface area contributed by atoms with E-state index in [-0.39, 0.29) is 63.2 Å². The Morgan fingerprint density at radius 3 is 1.93 bits per heavy atom. The number of nitrogens with two attached hydrogens (primary N) is 3. The summed E-state index contributed by atoms with van der Waals surface area (Å²) in [5.41, 5.74) is 17.3. The topological polar surface area (TPSA) is 137 Å². The van der Waals surface area contributed by atoms with Gasteiger partial charge in [-0.25, -0.2) is 0 Å². The van der Waals surface area contributed by atoms with Crippen molar-refractivity contribution < 1.29 is 25.9 Å². The van der Waals surface area contributed by atoms with E-state index in [1.165, 1.54) is 4.68 Å². The van der Waals surface area contributed by atoms with Crippen molar-refractivity contribution in [1.29, 1.82) is 5.26 Å². The molecule has 0 saturated heterocycles. The van der Waals surface area contributed by atoms with E-state index in [1.807, 2.05) is 44.2 Å². The molecule has 1 aromatic heterocycles. The Kier molecular flexibility index (Phi) is 36.2. The van der Waals surface area contributed by atoms with Crippen LogP contribution in [0.1, 0.15) is 38.6 Å². The number of benzene rings is 1. The number of primary amides is 1. The minimum absolute atomic E-state index is 0. The molecule has 6 radical (unpaired) electrons. The zero-order valence-electron chi connectivity index (χ0n) is 16.3. The third-order valence-electron chi connectivity index (χ3n) is 2.48. The monoisotopic (exact) mass is 553 g/mol. The molecule has 0 bridgehead atoms. The molecule has 2 aromatic rings. The number of hydrogen-bond acceptors (Lipinski definition) is 5. The van der Waals surface area contributed by atoms with Gasteiger partial charge in [-0.05, 0) is 0 Å². The molecular weight excluding hydrogens is 522 g/mol. The number of aromatic nitrogens is 2. The first-order valence-corrected chi connectivity index (χ1v) is 7.48. The fourth-order valence-corrected chi connectivity index (χ4v) is 1.58. The summed E-state index contributed by atoms with van der Waals surface area (Å²) in [6.07, 6.45) is 0. The van der Waals surface area contributed by atoms with Crippen LogP contribution in [0.5, 0.6) is 0 Å². The number of nitrogen functional groups attached to an aromatic ring is 1. The quantitative estimate of drug-likeness (QED) is 0.297. The Morgan fingerprint density at radius 1 is 1.21 bits per heavy atom. The summed E-state index contributed by atoms with van der Waals surface area (Å²) in [4.78, 5) is 11.3. The van der Waals surface area contributed by atoms with Crippen molar-refractivity contribution in [2.24, 2.45) is 18.5 Å². The maximum Gasteiger partial charge on any atom is 0.254 e. The second kappa shape index (κ2) is 25.0. The summed E-state index contributed by atoms with van der Waals surface area (Å²) < 4.78 is 1.45. The molecule has 7 nitrogen and oxygen atoms in total. The van der Waals surface area contributed by atoms with Gasteiger partial charge in [0.2, 0.25) is 0 Å². The van der Waals surface area contributed by atoms with Gasteiger partial charge in [0.05, 0.1) is 12.6 Å². The molecule has 0 aliphatic carbocycles. The molecule has 152 valence electrons. The van der Waals surface area contributed by atoms with E-state index in [1.54, 1.807) is 20.0 Å². The molecule has 10 heteroatoms. The minimum atomic E-state index is -0.565. The van der Waals surface area contributed by atoms with Gasteiger partial charge in [-0.1, -0.05) is 51.6 Å². The van der Waals surface area contributed by atoms with E-state index in [2.05, 4.69) is 17.8 Å². The van der Waals surface area contributed by atoms with Gasteiger partial charge >= 0.3 is 0 Å². The predicted molar refractivity (Wildman–Crippen MR) is 117 cm³/mol. The summed E-state index contributed by atoms with van der Waals surface area (Å²) in [5, 5.41) is 11.7. The Bertz CT molecular complexity index is 646. The van der Waals surface area contributed by atoms with Crippen LogP contribution < -0.4 is 17.2 Å². The molecule has 1 amide bonds. The fourth-order valence-electron chi connectivity index (χ4n) is 1.58. The molecule has 28 heavy (non-hydrogen) atoms. The summed E-state index contributed by atoms with van der Waals surface area (Å²) in [6, 6.07) is 11.0. The first kappa shape index (κ1) is 40.6. The third-order valence-corrected chi connectivity index (χ3v) is 2.48. The van der Waals surface area contributed by atoms with Crippen molar-refractivity contribution in [2.75, 3.05) is 12.3 Å². The Hall–Kier alpha value is -2.03. The van der Waals surface area contributed by atoms with E-state index in [0.717, 1.165) is 5.56 Å². The number of rotatable bonds is 2. The largest absolute Gasteiger partial charge is 0.383 e. The van der Waals surface area contributed by atoms with E-state index >= 15 is 0 Å². The van der Waals surface area contributed by atoms with Crippen LogP contribution in [0.4, 0.5) is 5.82 Å². The average molecular weight is 553 g/mol. The van der Waals surface area contributed by atoms with Crippen LogP contribution in [-0.4, -0.2) is 39.1 Å². The predicted octanol–water partition coefficient (Wildman–Crippen LogP) is 1.98. The van der Waals surface area contributed by atoms with Gasteiger partial charge in [-0.2, -0.15) is 17.3 Å². The number of aryl methyl sites for hydroxylation is 1. The molecule has 0 unspecified atom stereocenters. The number of anilines is 1. The molecule has 0 fully saturated rings. The van der Waals surface area contributed by atoms with Crippen molar-refractivity contribution in [3.63, 3.8) is 0 Å². The van der Waals surface area contributed by atoms with Gasteiger partial charge < -0.3 is 24.1 Å². The molecule has 0 aliphatic heterocycles. The SMILES string of the molecule is C.CC.Cn1nc(-c2ccccc2)c(C(N)=O)c1N.N#CCN.[B].[B].[CH2-]C.[W]. The van der Waals surface area contributed by atoms with Crippen LogP contribution in [0.25, 0.3) is 11.3 Å². The summed E-state index contributed by atoms with van der Waals surface area (Å²) >= 11 is 0. The number of carbonyl (C=O) groups is 1. The second-order valence-corrected chi connectivity index (χ2v) is 3.82. The molecule has 0 aliphatic rings. The summed E-state index contributed by atoms with van der Waals surface area (Å²) in [5.74, 6) is -0.282. The van der Waals surface area contributed by atoms with Crippen molar-refractivity contribution in [3.8, 4) is 17.3 Å². The first-order chi connectivity index (χ1) is 11.5. The molecule has 0 spiro atoms. The normalized spacial score (nSPS) is 7.04. The molecule has 0 atom stereocenters. The van der Waals surface area contributed by atoms with Gasteiger partial charge in [0.25, 0.3) is 5.91 Å². The third kappa shape index (κ3) is 13.2. The zero-order valence-corrected chi connectivity index (χ0v) is 19.3. The zero-order chi connectivity index (χ0) is 19.1. The van der Waals surface area contributed by atoms with Crippen LogP contribution >= 0.6 is 0 Å². The van der Waals surface area contributed by atoms with Gasteiger partial charge in [0.15, 0.2) is 0 Å². The number of nitriles is 1. The van der Waals surface area contributed by atoms with Gasteiger partial charge in [-0.3, -0.25) is 9.48 Å². The average Bonchev–Trinajstić information content (AvgIpc) is 2.94. The van der Waals surface area contributed by atoms with Crippen molar-refractivity contribution in [3.05, 3.63) is 42.8 Å². The smallest absolute Gasteiger partial charge is 0.254 e. The fraction of sp³-hybridized carbons (Fsp3) is 0.333. The van der Waals surface area contributed by atoms with Gasteiger partial charge in [0.1, 0.15) is 17.1 Å². The van der Waals surface area contributed by atoms with Crippen LogP contribution in [-0.2, 0) is 28.1 Å². The van der Waals surface area contributed by atoms with Crippen LogP contribution in [0.2, 0.25) is 0 Å². The van der Waals surface area contributed by atoms with Crippen molar-refractivity contribution in [2.45, 2.75) is 28.2 Å². The van der Waals surface area contributed by atoms with E-state index in [9.17, 15) is 4.79 Å². The Balaban J connectivity index is -0.0000000890. The number of carbonyl (C=O) groups excluding carboxylic acids is 1. The standard InChI is InChI=1S/C11H12N4O.C2H4N2.C2H6.C2H5.CH4.2B.W/c1-15-10(12)8(11(13)16)9(14-15)7-5-3-2-4-6-7;3-1-2-4;2*1-2;;;;/h2-6H,12H2,1H3,(H2,13,16);1,3H2;1-2H3;1H2,2H3;1H4;;;/q;;;-1;;;;. The number of nitrogens with zero attached hydrogens (tertiary/aromatic N) is 3. The van der Waals surface area contributed by atoms with Gasteiger partial charge in [0, 0.05) is 50.5 Å². The minimum Gasteiger partial charge on any atom is -0.383 e. The first-order valence-electron chi connectivity index (χ1n) is 7.48. The van der Waals surface area contributed by atoms with E-state index in [0.29, 0.717) is 5.69 Å². The summed E-state index contributed by atoms with van der Waals surface area (Å²) in [7, 11) is 1.67. The molecule has 2 rings (SSSR count). The van der Waals surface area contributed by atoms with Crippen LogP contribution in [0, 0.1) is 18.3 Å². The molecule has 0 saturated carbocycles. The molecule has 1 aromatic carbocycles. The Labute approximate surface area is 188 Å². The number of hydrogen-bond donors (Lipinski definition) is 3. The van der Waals surface area contributed by atoms with E-state index < -0.39 is 5.91 Å². The van der Waals surface area contributed by atoms with Crippen molar-refractivity contribution in [1.82, 2.24) is 9.78 Å². The van der Waals surface area contributed by atoms with Crippen LogP contribution in [0.3, 0.4) is 0 Å². The summed E-state index contributed by atoms with van der Waals surface area (Å²) in [6.45, 7) is 9.12. The van der Waals surface area contributed by atoms with Gasteiger partial charge in [-0.15, -0.1) is 0 Å².